The molecule has 0 aliphatic carbocycles. The molecule has 0 saturated carbocycles. The standard InChI is InChI=1S/C25H34N4O2/c1-18-7-5-10-22(15-18)17-28-11-13-29(14-12-28)21(4)25(31)26-16-23(30)27-24-19(2)8-6-9-20(24)3/h5-10,15,21H,11-14,16-17H2,1-4H3,(H,26,31)(H,27,30)/t21-/m0/s1. The van der Waals surface area contributed by atoms with E-state index < -0.39 is 0 Å². The molecule has 2 N–H and O–H groups in total. The zero-order valence-electron chi connectivity index (χ0n) is 19.1. The van der Waals surface area contributed by atoms with Crippen molar-refractivity contribution in [3.05, 3.63) is 64.7 Å². The Morgan fingerprint density at radius 3 is 2.26 bits per heavy atom. The third-order valence-corrected chi connectivity index (χ3v) is 5.99. The van der Waals surface area contributed by atoms with Crippen molar-refractivity contribution < 1.29 is 9.59 Å². The zero-order valence-corrected chi connectivity index (χ0v) is 19.1. The van der Waals surface area contributed by atoms with Crippen LogP contribution in [0.25, 0.3) is 0 Å². The maximum Gasteiger partial charge on any atom is 0.243 e. The monoisotopic (exact) mass is 422 g/mol. The Balaban J connectivity index is 1.42. The molecule has 3 rings (SSSR count). The van der Waals surface area contributed by atoms with Crippen LogP contribution in [0.2, 0.25) is 0 Å². The van der Waals surface area contributed by atoms with Crippen molar-refractivity contribution in [2.45, 2.75) is 40.3 Å². The van der Waals surface area contributed by atoms with Crippen molar-refractivity contribution in [3.63, 3.8) is 0 Å². The number of rotatable bonds is 7. The number of hydrogen-bond acceptors (Lipinski definition) is 4. The highest BCUT2D eigenvalue weighted by atomic mass is 16.2. The molecule has 6 nitrogen and oxygen atoms in total. The third kappa shape index (κ3) is 6.39. The summed E-state index contributed by atoms with van der Waals surface area (Å²) in [6.45, 7) is 12.4. The molecule has 0 aromatic heterocycles. The van der Waals surface area contributed by atoms with Crippen LogP contribution in [-0.4, -0.2) is 60.4 Å². The summed E-state index contributed by atoms with van der Waals surface area (Å²) in [6.07, 6.45) is 0. The van der Waals surface area contributed by atoms with Gasteiger partial charge in [0, 0.05) is 38.4 Å². The first-order valence-corrected chi connectivity index (χ1v) is 11.0. The summed E-state index contributed by atoms with van der Waals surface area (Å²) in [7, 11) is 0. The molecule has 0 radical (unpaired) electrons. The van der Waals surface area contributed by atoms with Gasteiger partial charge in [0.1, 0.15) is 0 Å². The van der Waals surface area contributed by atoms with Crippen molar-refractivity contribution in [1.82, 2.24) is 15.1 Å². The van der Waals surface area contributed by atoms with E-state index in [-0.39, 0.29) is 24.4 Å². The fraction of sp³-hybridized carbons (Fsp3) is 0.440. The van der Waals surface area contributed by atoms with Gasteiger partial charge < -0.3 is 10.6 Å². The van der Waals surface area contributed by atoms with Crippen LogP contribution in [-0.2, 0) is 16.1 Å². The Morgan fingerprint density at radius 2 is 1.61 bits per heavy atom. The van der Waals surface area contributed by atoms with Crippen molar-refractivity contribution in [3.8, 4) is 0 Å². The minimum Gasteiger partial charge on any atom is -0.346 e. The molecule has 2 aromatic rings. The van der Waals surface area contributed by atoms with Gasteiger partial charge in [0.2, 0.25) is 11.8 Å². The number of aryl methyl sites for hydroxylation is 3. The van der Waals surface area contributed by atoms with E-state index in [0.29, 0.717) is 0 Å². The van der Waals surface area contributed by atoms with E-state index >= 15 is 0 Å². The maximum atomic E-state index is 12.6. The quantitative estimate of drug-likeness (QED) is 0.720. The first kappa shape index (κ1) is 23.0. The summed E-state index contributed by atoms with van der Waals surface area (Å²) < 4.78 is 0. The number of anilines is 1. The van der Waals surface area contributed by atoms with Crippen LogP contribution in [0.1, 0.15) is 29.2 Å². The number of hydrogen-bond donors (Lipinski definition) is 2. The molecule has 0 unspecified atom stereocenters. The molecule has 6 heteroatoms. The fourth-order valence-corrected chi connectivity index (χ4v) is 4.05. The van der Waals surface area contributed by atoms with Crippen LogP contribution in [0, 0.1) is 20.8 Å². The minimum absolute atomic E-state index is 0.0235. The second-order valence-corrected chi connectivity index (χ2v) is 8.51. The fourth-order valence-electron chi connectivity index (χ4n) is 4.05. The van der Waals surface area contributed by atoms with Crippen LogP contribution in [0.4, 0.5) is 5.69 Å². The topological polar surface area (TPSA) is 64.7 Å². The molecule has 0 spiro atoms. The van der Waals surface area contributed by atoms with Gasteiger partial charge >= 0.3 is 0 Å². The number of carbonyl (C=O) groups excluding carboxylic acids is 2. The van der Waals surface area contributed by atoms with Crippen LogP contribution in [0.3, 0.4) is 0 Å². The van der Waals surface area contributed by atoms with Gasteiger partial charge in [-0.15, -0.1) is 0 Å². The molecule has 0 bridgehead atoms. The van der Waals surface area contributed by atoms with Gasteiger partial charge in [0.25, 0.3) is 0 Å². The summed E-state index contributed by atoms with van der Waals surface area (Å²) in [5.41, 5.74) is 5.45. The number of benzene rings is 2. The number of carbonyl (C=O) groups is 2. The molecule has 31 heavy (non-hydrogen) atoms. The summed E-state index contributed by atoms with van der Waals surface area (Å²) in [4.78, 5) is 29.5. The predicted octanol–water partition coefficient (Wildman–Crippen LogP) is 2.87. The number of nitrogens with one attached hydrogen (secondary N) is 2. The summed E-state index contributed by atoms with van der Waals surface area (Å²) in [5.74, 6) is -0.315. The largest absolute Gasteiger partial charge is 0.346 e. The lowest BCUT2D eigenvalue weighted by Gasteiger charge is -2.37. The number of piperazine rings is 1. The van der Waals surface area contributed by atoms with E-state index in [1.807, 2.05) is 39.0 Å². The van der Waals surface area contributed by atoms with Crippen molar-refractivity contribution in [2.24, 2.45) is 0 Å². The number of para-hydroxylation sites is 1. The second-order valence-electron chi connectivity index (χ2n) is 8.51. The molecular weight excluding hydrogens is 388 g/mol. The maximum absolute atomic E-state index is 12.6. The zero-order chi connectivity index (χ0) is 22.4. The van der Waals surface area contributed by atoms with E-state index in [4.69, 9.17) is 0 Å². The van der Waals surface area contributed by atoms with Crippen molar-refractivity contribution in [2.75, 3.05) is 38.0 Å². The average Bonchev–Trinajstić information content (AvgIpc) is 2.75. The highest BCUT2D eigenvalue weighted by Crippen LogP contribution is 2.19. The first-order valence-electron chi connectivity index (χ1n) is 11.0. The lowest BCUT2D eigenvalue weighted by atomic mass is 10.1. The molecule has 1 aliphatic rings. The molecule has 2 aromatic carbocycles. The normalized spacial score (nSPS) is 16.0. The van der Waals surface area contributed by atoms with E-state index in [1.165, 1.54) is 11.1 Å². The molecule has 1 aliphatic heterocycles. The van der Waals surface area contributed by atoms with E-state index in [2.05, 4.69) is 51.6 Å². The third-order valence-electron chi connectivity index (χ3n) is 5.99. The van der Waals surface area contributed by atoms with Gasteiger partial charge in [-0.3, -0.25) is 19.4 Å². The van der Waals surface area contributed by atoms with E-state index in [1.54, 1.807) is 0 Å². The van der Waals surface area contributed by atoms with Gasteiger partial charge in [-0.05, 0) is 44.4 Å². The van der Waals surface area contributed by atoms with Crippen molar-refractivity contribution in [1.29, 1.82) is 0 Å². The minimum atomic E-state index is -0.255. The lowest BCUT2D eigenvalue weighted by molar-refractivity contribution is -0.128. The lowest BCUT2D eigenvalue weighted by Crippen LogP contribution is -2.54. The first-order chi connectivity index (χ1) is 14.8. The Hall–Kier alpha value is -2.70. The van der Waals surface area contributed by atoms with Crippen LogP contribution < -0.4 is 10.6 Å². The van der Waals surface area contributed by atoms with E-state index in [0.717, 1.165) is 49.5 Å². The Bertz CT molecular complexity index is 899. The molecule has 166 valence electrons. The predicted molar refractivity (Wildman–Crippen MR) is 125 cm³/mol. The SMILES string of the molecule is Cc1cccc(CN2CCN([C@@H](C)C(=O)NCC(=O)Nc3c(C)cccc3C)CC2)c1. The number of nitrogens with zero attached hydrogens (tertiary/aromatic N) is 2. The molecule has 1 saturated heterocycles. The highest BCUT2D eigenvalue weighted by Gasteiger charge is 2.25. The molecule has 1 atom stereocenters. The van der Waals surface area contributed by atoms with Crippen molar-refractivity contribution >= 4 is 17.5 Å². The molecule has 1 fully saturated rings. The highest BCUT2D eigenvalue weighted by molar-refractivity contribution is 5.96. The van der Waals surface area contributed by atoms with Crippen LogP contribution >= 0.6 is 0 Å². The van der Waals surface area contributed by atoms with Crippen LogP contribution in [0.5, 0.6) is 0 Å². The Labute approximate surface area is 185 Å². The second kappa shape index (κ2) is 10.6. The summed E-state index contributed by atoms with van der Waals surface area (Å²) in [5, 5.41) is 5.70. The molecular formula is C25H34N4O2. The van der Waals surface area contributed by atoms with Gasteiger partial charge in [-0.1, -0.05) is 48.0 Å². The summed E-state index contributed by atoms with van der Waals surface area (Å²) >= 11 is 0. The smallest absolute Gasteiger partial charge is 0.243 e. The van der Waals surface area contributed by atoms with Gasteiger partial charge in [0.05, 0.1) is 12.6 Å². The molecule has 2 amide bonds. The Kier molecular flexibility index (Phi) is 7.82. The number of amides is 2. The van der Waals surface area contributed by atoms with Crippen LogP contribution in [0.15, 0.2) is 42.5 Å². The molecule has 1 heterocycles. The van der Waals surface area contributed by atoms with Gasteiger partial charge in [-0.25, -0.2) is 0 Å². The Morgan fingerprint density at radius 1 is 0.968 bits per heavy atom. The van der Waals surface area contributed by atoms with Gasteiger partial charge in [-0.2, -0.15) is 0 Å². The van der Waals surface area contributed by atoms with E-state index in [9.17, 15) is 9.59 Å². The average molecular weight is 423 g/mol. The summed E-state index contributed by atoms with van der Waals surface area (Å²) in [6, 6.07) is 14.2. The van der Waals surface area contributed by atoms with Gasteiger partial charge in [0.15, 0.2) is 0 Å².